The van der Waals surface area contributed by atoms with Crippen LogP contribution in [0.4, 0.5) is 0 Å². The summed E-state index contributed by atoms with van der Waals surface area (Å²) in [7, 11) is -3.11. The highest BCUT2D eigenvalue weighted by Gasteiger charge is 2.44. The van der Waals surface area contributed by atoms with Gasteiger partial charge in [0.15, 0.2) is 0 Å². The van der Waals surface area contributed by atoms with Gasteiger partial charge in [0, 0.05) is 13.2 Å². The standard InChI is InChI=1S/C9H24O2Si2/c1-7-9-11-13(5,6)12(3,4)10-8-2/h7-9H2,1-6H3. The van der Waals surface area contributed by atoms with E-state index in [2.05, 4.69) is 40.0 Å². The van der Waals surface area contributed by atoms with E-state index in [9.17, 15) is 0 Å². The second kappa shape index (κ2) is 5.29. The third kappa shape index (κ3) is 3.93. The Balaban J connectivity index is 4.22. The zero-order valence-electron chi connectivity index (χ0n) is 9.94. The third-order valence-corrected chi connectivity index (χ3v) is 17.0. The molecule has 0 bridgehead atoms. The van der Waals surface area contributed by atoms with Crippen molar-refractivity contribution in [2.24, 2.45) is 0 Å². The summed E-state index contributed by atoms with van der Waals surface area (Å²) in [4.78, 5) is 0. The van der Waals surface area contributed by atoms with Gasteiger partial charge in [-0.3, -0.25) is 0 Å². The van der Waals surface area contributed by atoms with E-state index in [1.54, 1.807) is 0 Å². The molecular weight excluding hydrogens is 196 g/mol. The Hall–Kier alpha value is 0.354. The molecule has 0 aromatic carbocycles. The third-order valence-electron chi connectivity index (χ3n) is 2.62. The summed E-state index contributed by atoms with van der Waals surface area (Å²) in [5.41, 5.74) is 0. The van der Waals surface area contributed by atoms with Crippen LogP contribution in [0, 0.1) is 0 Å². The van der Waals surface area contributed by atoms with Gasteiger partial charge in [-0.2, -0.15) is 0 Å². The molecule has 0 spiro atoms. The van der Waals surface area contributed by atoms with Crippen LogP contribution in [-0.2, 0) is 8.85 Å². The molecule has 0 atom stereocenters. The van der Waals surface area contributed by atoms with Gasteiger partial charge in [0.1, 0.15) is 0 Å². The van der Waals surface area contributed by atoms with Crippen LogP contribution in [0.1, 0.15) is 20.3 Å². The predicted molar refractivity (Wildman–Crippen MR) is 62.8 cm³/mol. The second-order valence-electron chi connectivity index (χ2n) is 4.30. The van der Waals surface area contributed by atoms with Crippen molar-refractivity contribution in [1.82, 2.24) is 0 Å². The topological polar surface area (TPSA) is 18.5 Å². The fourth-order valence-corrected chi connectivity index (χ4v) is 6.02. The van der Waals surface area contributed by atoms with E-state index < -0.39 is 15.7 Å². The second-order valence-corrected chi connectivity index (χ2v) is 18.1. The molecule has 0 aliphatic heterocycles. The van der Waals surface area contributed by atoms with Crippen LogP contribution >= 0.6 is 0 Å². The normalized spacial score (nSPS) is 13.4. The van der Waals surface area contributed by atoms with Crippen molar-refractivity contribution in [3.05, 3.63) is 0 Å². The van der Waals surface area contributed by atoms with Crippen molar-refractivity contribution in [1.29, 1.82) is 0 Å². The van der Waals surface area contributed by atoms with Crippen LogP contribution in [0.3, 0.4) is 0 Å². The van der Waals surface area contributed by atoms with E-state index in [0.717, 1.165) is 19.6 Å². The van der Waals surface area contributed by atoms with Crippen LogP contribution in [0.15, 0.2) is 0 Å². The van der Waals surface area contributed by atoms with Crippen molar-refractivity contribution in [3.8, 4) is 0 Å². The molecule has 0 unspecified atom stereocenters. The van der Waals surface area contributed by atoms with Crippen molar-refractivity contribution >= 4 is 15.7 Å². The highest BCUT2D eigenvalue weighted by molar-refractivity contribution is 7.35. The van der Waals surface area contributed by atoms with E-state index in [0.29, 0.717) is 0 Å². The van der Waals surface area contributed by atoms with Gasteiger partial charge in [0.25, 0.3) is 0 Å². The minimum atomic E-state index is -1.56. The van der Waals surface area contributed by atoms with Crippen molar-refractivity contribution in [2.75, 3.05) is 13.2 Å². The molecule has 0 aliphatic rings. The van der Waals surface area contributed by atoms with Gasteiger partial charge in [-0.1, -0.05) is 6.92 Å². The number of rotatable bonds is 6. The summed E-state index contributed by atoms with van der Waals surface area (Å²) in [5, 5.41) is 0. The highest BCUT2D eigenvalue weighted by atomic mass is 29.3. The van der Waals surface area contributed by atoms with Crippen molar-refractivity contribution in [2.45, 2.75) is 46.5 Å². The molecule has 0 saturated carbocycles. The number of hydrogen-bond donors (Lipinski definition) is 0. The summed E-state index contributed by atoms with van der Waals surface area (Å²) in [6, 6.07) is 0. The Morgan fingerprint density at radius 2 is 1.31 bits per heavy atom. The van der Waals surface area contributed by atoms with E-state index >= 15 is 0 Å². The molecular formula is C9H24O2Si2. The monoisotopic (exact) mass is 220 g/mol. The zero-order valence-corrected chi connectivity index (χ0v) is 11.9. The molecule has 13 heavy (non-hydrogen) atoms. The molecule has 0 fully saturated rings. The minimum Gasteiger partial charge on any atom is -0.417 e. The van der Waals surface area contributed by atoms with E-state index in [1.165, 1.54) is 0 Å². The maximum Gasteiger partial charge on any atom is 0.204 e. The van der Waals surface area contributed by atoms with Gasteiger partial charge < -0.3 is 8.85 Å². The SMILES string of the molecule is CCCO[Si](C)(C)[Si](C)(C)OCC. The first kappa shape index (κ1) is 13.4. The molecule has 0 aromatic heterocycles. The lowest BCUT2D eigenvalue weighted by molar-refractivity contribution is 0.294. The van der Waals surface area contributed by atoms with Crippen LogP contribution in [0.5, 0.6) is 0 Å². The summed E-state index contributed by atoms with van der Waals surface area (Å²) in [6.07, 6.45) is 1.10. The largest absolute Gasteiger partial charge is 0.417 e. The van der Waals surface area contributed by atoms with E-state index in [1.807, 2.05) is 0 Å². The number of hydrogen-bond acceptors (Lipinski definition) is 2. The maximum absolute atomic E-state index is 5.97. The maximum atomic E-state index is 5.97. The molecule has 0 radical (unpaired) electrons. The average molecular weight is 220 g/mol. The lowest BCUT2D eigenvalue weighted by atomic mass is 10.5. The first-order chi connectivity index (χ1) is 5.87. The quantitative estimate of drug-likeness (QED) is 0.641. The molecule has 0 amide bonds. The van der Waals surface area contributed by atoms with Gasteiger partial charge in [0.2, 0.25) is 15.7 Å². The average Bonchev–Trinajstić information content (AvgIpc) is 2.00. The van der Waals surface area contributed by atoms with Gasteiger partial charge in [-0.05, 0) is 39.5 Å². The summed E-state index contributed by atoms with van der Waals surface area (Å²) >= 11 is 0. The molecule has 0 aromatic rings. The fraction of sp³-hybridized carbons (Fsp3) is 1.00. The van der Waals surface area contributed by atoms with Gasteiger partial charge in [0.05, 0.1) is 0 Å². The Morgan fingerprint density at radius 3 is 1.69 bits per heavy atom. The van der Waals surface area contributed by atoms with Gasteiger partial charge in [-0.15, -0.1) is 0 Å². The summed E-state index contributed by atoms with van der Waals surface area (Å²) < 4.78 is 11.8. The minimum absolute atomic E-state index is 0.825. The summed E-state index contributed by atoms with van der Waals surface area (Å²) in [6.45, 7) is 15.1. The zero-order chi connectivity index (χ0) is 10.5. The molecule has 80 valence electrons. The highest BCUT2D eigenvalue weighted by Crippen LogP contribution is 2.21. The van der Waals surface area contributed by atoms with Crippen LogP contribution in [0.2, 0.25) is 26.2 Å². The lowest BCUT2D eigenvalue weighted by Gasteiger charge is -2.36. The van der Waals surface area contributed by atoms with Gasteiger partial charge >= 0.3 is 0 Å². The Morgan fingerprint density at radius 1 is 0.846 bits per heavy atom. The molecule has 0 heterocycles. The molecule has 0 rings (SSSR count). The van der Waals surface area contributed by atoms with Crippen LogP contribution in [-0.4, -0.2) is 28.9 Å². The molecule has 4 heteroatoms. The smallest absolute Gasteiger partial charge is 0.204 e. The Labute approximate surface area is 84.7 Å². The molecule has 0 aliphatic carbocycles. The fourth-order valence-electron chi connectivity index (χ4n) is 1.07. The Bertz CT molecular complexity index is 147. The Kier molecular flexibility index (Phi) is 5.43. The molecule has 0 N–H and O–H groups in total. The predicted octanol–water partition coefficient (Wildman–Crippen LogP) is 2.94. The van der Waals surface area contributed by atoms with E-state index in [-0.39, 0.29) is 0 Å². The summed E-state index contributed by atoms with van der Waals surface area (Å²) in [5.74, 6) is 0. The van der Waals surface area contributed by atoms with Crippen LogP contribution in [0.25, 0.3) is 0 Å². The first-order valence-corrected chi connectivity index (χ1v) is 12.0. The van der Waals surface area contributed by atoms with E-state index in [4.69, 9.17) is 8.85 Å². The van der Waals surface area contributed by atoms with Crippen LogP contribution < -0.4 is 0 Å². The lowest BCUT2D eigenvalue weighted by Crippen LogP contribution is -2.59. The first-order valence-electron chi connectivity index (χ1n) is 5.15. The molecule has 0 saturated heterocycles. The van der Waals surface area contributed by atoms with Gasteiger partial charge in [-0.25, -0.2) is 0 Å². The van der Waals surface area contributed by atoms with Crippen molar-refractivity contribution in [3.63, 3.8) is 0 Å². The molecule has 2 nitrogen and oxygen atoms in total. The van der Waals surface area contributed by atoms with Crippen molar-refractivity contribution < 1.29 is 8.85 Å².